The van der Waals surface area contributed by atoms with Gasteiger partial charge in [0.25, 0.3) is 0 Å². The van der Waals surface area contributed by atoms with Crippen LogP contribution in [-0.4, -0.2) is 189 Å². The summed E-state index contributed by atoms with van der Waals surface area (Å²) in [5.74, 6) is -0.0759. The Balaban J connectivity index is 1.19. The first kappa shape index (κ1) is 57.5. The molecule has 370 valence electrons. The number of hydrogen-bond acceptors (Lipinski definition) is 17. The Morgan fingerprint density at radius 1 is 0.462 bits per heavy atom. The van der Waals surface area contributed by atoms with Crippen molar-refractivity contribution in [2.24, 2.45) is 0 Å². The van der Waals surface area contributed by atoms with Crippen molar-refractivity contribution in [1.29, 1.82) is 0 Å². The fraction of sp³-hybridized carbons (Fsp3) is 0.681. The summed E-state index contributed by atoms with van der Waals surface area (Å²) in [4.78, 5) is 36.1. The molecule has 1 amide bonds. The molecule has 0 aliphatic carbocycles. The summed E-state index contributed by atoms with van der Waals surface area (Å²) in [5.41, 5.74) is 1.26. The fourth-order valence-corrected chi connectivity index (χ4v) is 5.17. The number of hydrogen-bond donors (Lipinski definition) is 1. The van der Waals surface area contributed by atoms with E-state index in [2.05, 4.69) is 5.32 Å². The van der Waals surface area contributed by atoms with Gasteiger partial charge in [0, 0.05) is 26.0 Å². The van der Waals surface area contributed by atoms with Crippen LogP contribution in [0, 0.1) is 0 Å². The highest BCUT2D eigenvalue weighted by Crippen LogP contribution is 2.15. The van der Waals surface area contributed by atoms with Crippen LogP contribution in [0.2, 0.25) is 0 Å². The maximum Gasteiger partial charge on any atom is 0.338 e. The molecule has 1 N–H and O–H groups in total. The number of amides is 1. The molecular weight excluding hydrogens is 851 g/mol. The topological polar surface area (TPSA) is 192 Å². The van der Waals surface area contributed by atoms with Gasteiger partial charge in [-0.05, 0) is 36.6 Å². The SMILES string of the molecule is CCCNC(=O)CCOCCOCCOCCOCCOCCOCCOCCOCCOCCOCCOCCOCCCC(=O)COc1cccc(C(=O)OCc2ccccc2)c1. The monoisotopic (exact) mass is 926 g/mol. The standard InChI is InChI=1S/C47H75NO17/c1-2-14-48-46(50)13-16-53-18-20-55-22-24-57-26-28-59-30-32-61-34-36-63-38-37-62-35-33-60-31-29-58-27-25-56-23-21-54-19-17-52-15-7-11-44(49)41-64-45-12-6-10-43(39-45)47(51)65-40-42-8-4-3-5-9-42/h3-6,8-10,12,39H,2,7,11,13-38,40-41H2,1H3,(H,48,50). The molecule has 2 aromatic rings. The molecule has 0 bridgehead atoms. The van der Waals surface area contributed by atoms with E-state index in [0.29, 0.717) is 196 Å². The van der Waals surface area contributed by atoms with Crippen molar-refractivity contribution < 1.29 is 80.7 Å². The molecule has 65 heavy (non-hydrogen) atoms. The Kier molecular flexibility index (Phi) is 39.1. The molecule has 0 aliphatic heterocycles. The zero-order chi connectivity index (χ0) is 46.4. The maximum atomic E-state index is 12.4. The Morgan fingerprint density at radius 2 is 0.877 bits per heavy atom. The highest BCUT2D eigenvalue weighted by Gasteiger charge is 2.10. The first-order valence-electron chi connectivity index (χ1n) is 22.7. The molecule has 2 aromatic carbocycles. The predicted molar refractivity (Wildman–Crippen MR) is 239 cm³/mol. The lowest BCUT2D eigenvalue weighted by Gasteiger charge is -2.09. The summed E-state index contributed by atoms with van der Waals surface area (Å²) in [5, 5.41) is 2.81. The minimum Gasteiger partial charge on any atom is -0.486 e. The quantitative estimate of drug-likeness (QED) is 0.0742. The number of carbonyl (C=O) groups is 3. The third kappa shape index (κ3) is 37.2. The summed E-state index contributed by atoms with van der Waals surface area (Å²) >= 11 is 0. The Morgan fingerprint density at radius 3 is 1.31 bits per heavy atom. The summed E-state index contributed by atoms with van der Waals surface area (Å²) in [6.45, 7) is 13.9. The summed E-state index contributed by atoms with van der Waals surface area (Å²) in [6, 6.07) is 16.0. The van der Waals surface area contributed by atoms with Gasteiger partial charge < -0.3 is 71.6 Å². The molecular formula is C47H75NO17. The smallest absolute Gasteiger partial charge is 0.338 e. The molecule has 18 heteroatoms. The van der Waals surface area contributed by atoms with Crippen LogP contribution in [0.4, 0.5) is 0 Å². The van der Waals surface area contributed by atoms with Crippen molar-refractivity contribution >= 4 is 17.7 Å². The lowest BCUT2D eigenvalue weighted by molar-refractivity contribution is -0.122. The molecule has 0 heterocycles. The van der Waals surface area contributed by atoms with Crippen LogP contribution >= 0.6 is 0 Å². The van der Waals surface area contributed by atoms with E-state index in [4.69, 9.17) is 66.3 Å². The van der Waals surface area contributed by atoms with Crippen LogP contribution in [0.25, 0.3) is 0 Å². The molecule has 0 saturated carbocycles. The Labute approximate surface area is 385 Å². The van der Waals surface area contributed by atoms with Crippen molar-refractivity contribution in [1.82, 2.24) is 5.32 Å². The van der Waals surface area contributed by atoms with E-state index in [1.54, 1.807) is 24.3 Å². The van der Waals surface area contributed by atoms with Crippen molar-refractivity contribution in [3.63, 3.8) is 0 Å². The van der Waals surface area contributed by atoms with Gasteiger partial charge in [0.05, 0.1) is 158 Å². The highest BCUT2D eigenvalue weighted by atomic mass is 16.6. The number of carbonyl (C=O) groups excluding carboxylic acids is 3. The second-order valence-electron chi connectivity index (χ2n) is 14.0. The predicted octanol–water partition coefficient (Wildman–Crippen LogP) is 3.89. The van der Waals surface area contributed by atoms with E-state index in [1.807, 2.05) is 37.3 Å². The molecule has 0 atom stereocenters. The van der Waals surface area contributed by atoms with Gasteiger partial charge in [0.2, 0.25) is 5.91 Å². The van der Waals surface area contributed by atoms with Crippen molar-refractivity contribution in [3.05, 3.63) is 65.7 Å². The number of ether oxygens (including phenoxy) is 14. The maximum absolute atomic E-state index is 12.4. The lowest BCUT2D eigenvalue weighted by atomic mass is 10.2. The number of ketones is 1. The molecule has 0 fully saturated rings. The molecule has 0 aliphatic rings. The van der Waals surface area contributed by atoms with Crippen LogP contribution in [0.15, 0.2) is 54.6 Å². The van der Waals surface area contributed by atoms with E-state index >= 15 is 0 Å². The van der Waals surface area contributed by atoms with Crippen LogP contribution in [0.3, 0.4) is 0 Å². The van der Waals surface area contributed by atoms with Crippen LogP contribution in [0.5, 0.6) is 5.75 Å². The molecule has 0 unspecified atom stereocenters. The zero-order valence-electron chi connectivity index (χ0n) is 38.6. The number of esters is 1. The molecule has 0 radical (unpaired) electrons. The molecule has 18 nitrogen and oxygen atoms in total. The average Bonchev–Trinajstić information content (AvgIpc) is 3.33. The second kappa shape index (κ2) is 44.2. The van der Waals surface area contributed by atoms with Gasteiger partial charge in [-0.25, -0.2) is 4.79 Å². The van der Waals surface area contributed by atoms with Gasteiger partial charge in [0.1, 0.15) is 19.0 Å². The number of benzene rings is 2. The van der Waals surface area contributed by atoms with E-state index in [9.17, 15) is 14.4 Å². The fourth-order valence-electron chi connectivity index (χ4n) is 5.17. The molecule has 0 saturated heterocycles. The Bertz CT molecular complexity index is 1410. The number of nitrogens with one attached hydrogen (secondary N) is 1. The van der Waals surface area contributed by atoms with Gasteiger partial charge in [-0.15, -0.1) is 0 Å². The Hall–Kier alpha value is -3.63. The second-order valence-corrected chi connectivity index (χ2v) is 14.0. The van der Waals surface area contributed by atoms with Crippen molar-refractivity contribution in [3.8, 4) is 5.75 Å². The normalized spacial score (nSPS) is 11.2. The van der Waals surface area contributed by atoms with Gasteiger partial charge in [-0.2, -0.15) is 0 Å². The minimum atomic E-state index is -0.458. The van der Waals surface area contributed by atoms with E-state index in [0.717, 1.165) is 12.0 Å². The van der Waals surface area contributed by atoms with E-state index in [-0.39, 0.29) is 24.9 Å². The summed E-state index contributed by atoms with van der Waals surface area (Å²) in [6.07, 6.45) is 2.18. The van der Waals surface area contributed by atoms with Crippen molar-refractivity contribution in [2.75, 3.05) is 172 Å². The minimum absolute atomic E-state index is 0.00960. The lowest BCUT2D eigenvalue weighted by Crippen LogP contribution is -2.25. The van der Waals surface area contributed by atoms with E-state index in [1.165, 1.54) is 0 Å². The van der Waals surface area contributed by atoms with Gasteiger partial charge >= 0.3 is 5.97 Å². The van der Waals surface area contributed by atoms with Gasteiger partial charge in [-0.1, -0.05) is 43.3 Å². The number of Topliss-reactive ketones (excluding diaryl/α,β-unsaturated/α-hetero) is 1. The highest BCUT2D eigenvalue weighted by molar-refractivity contribution is 5.89. The molecule has 0 spiro atoms. The first-order chi connectivity index (χ1) is 32.1. The van der Waals surface area contributed by atoms with Crippen LogP contribution in [-0.2, 0) is 77.8 Å². The van der Waals surface area contributed by atoms with E-state index < -0.39 is 5.97 Å². The summed E-state index contributed by atoms with van der Waals surface area (Å²) in [7, 11) is 0. The van der Waals surface area contributed by atoms with Gasteiger partial charge in [0.15, 0.2) is 5.78 Å². The first-order valence-corrected chi connectivity index (χ1v) is 22.7. The third-order valence-electron chi connectivity index (χ3n) is 8.56. The molecule has 2 rings (SSSR count). The van der Waals surface area contributed by atoms with Crippen LogP contribution in [0.1, 0.15) is 48.5 Å². The summed E-state index contributed by atoms with van der Waals surface area (Å²) < 4.78 is 76.8. The van der Waals surface area contributed by atoms with Crippen LogP contribution < -0.4 is 10.1 Å². The average molecular weight is 926 g/mol. The number of rotatable bonds is 48. The van der Waals surface area contributed by atoms with Crippen molar-refractivity contribution in [2.45, 2.75) is 39.2 Å². The third-order valence-corrected chi connectivity index (χ3v) is 8.56. The molecule has 0 aromatic heterocycles. The zero-order valence-corrected chi connectivity index (χ0v) is 38.6. The largest absolute Gasteiger partial charge is 0.486 e. The van der Waals surface area contributed by atoms with Gasteiger partial charge in [-0.3, -0.25) is 9.59 Å².